The van der Waals surface area contributed by atoms with Crippen LogP contribution >= 0.6 is 0 Å². The summed E-state index contributed by atoms with van der Waals surface area (Å²) in [5.74, 6) is -0.258. The van der Waals surface area contributed by atoms with Gasteiger partial charge in [0.05, 0.1) is 5.56 Å². The van der Waals surface area contributed by atoms with E-state index in [-0.39, 0.29) is 0 Å². The first-order valence-electron chi connectivity index (χ1n) is 6.60. The number of aromatic carboxylic acids is 1. The summed E-state index contributed by atoms with van der Waals surface area (Å²) in [6.07, 6.45) is 3.38. The maximum absolute atomic E-state index is 11.5. The van der Waals surface area contributed by atoms with Gasteiger partial charge in [-0.25, -0.2) is 9.78 Å². The summed E-state index contributed by atoms with van der Waals surface area (Å²) in [6.45, 7) is 1.80. The van der Waals surface area contributed by atoms with E-state index in [9.17, 15) is 9.90 Å². The maximum Gasteiger partial charge on any atom is 0.335 e. The van der Waals surface area contributed by atoms with E-state index < -0.39 is 5.97 Å². The van der Waals surface area contributed by atoms with Crippen molar-refractivity contribution in [2.24, 2.45) is 0 Å². The van der Waals surface area contributed by atoms with Gasteiger partial charge in [0.1, 0.15) is 5.82 Å². The Morgan fingerprint density at radius 3 is 2.52 bits per heavy atom. The second kappa shape index (κ2) is 5.25. The molecule has 0 saturated carbocycles. The minimum Gasteiger partial charge on any atom is -0.478 e. The first-order valence-corrected chi connectivity index (χ1v) is 6.60. The zero-order valence-corrected chi connectivity index (χ0v) is 11.5. The van der Waals surface area contributed by atoms with Crippen LogP contribution in [0.3, 0.4) is 0 Å². The summed E-state index contributed by atoms with van der Waals surface area (Å²) >= 11 is 0. The second-order valence-corrected chi connectivity index (χ2v) is 4.81. The van der Waals surface area contributed by atoms with Crippen LogP contribution < -0.4 is 0 Å². The highest BCUT2D eigenvalue weighted by Crippen LogP contribution is 2.30. The minimum absolute atomic E-state index is 0.294. The van der Waals surface area contributed by atoms with E-state index in [1.165, 1.54) is 0 Å². The molecule has 0 spiro atoms. The molecule has 0 saturated heterocycles. The Bertz CT molecular complexity index is 778. The number of rotatable bonds is 3. The predicted octanol–water partition coefficient (Wildman–Crippen LogP) is 3.75. The van der Waals surface area contributed by atoms with Crippen LogP contribution in [0.4, 0.5) is 0 Å². The number of H-pyrrole nitrogens is 1. The fourth-order valence-corrected chi connectivity index (χ4v) is 2.39. The molecule has 0 aliphatic carbocycles. The summed E-state index contributed by atoms with van der Waals surface area (Å²) < 4.78 is 0. The summed E-state index contributed by atoms with van der Waals surface area (Å²) in [4.78, 5) is 18.8. The highest BCUT2D eigenvalue weighted by molar-refractivity contribution is 5.94. The Labute approximate surface area is 122 Å². The molecule has 0 bridgehead atoms. The Morgan fingerprint density at radius 2 is 1.90 bits per heavy atom. The number of benzene rings is 2. The molecule has 2 N–H and O–H groups in total. The van der Waals surface area contributed by atoms with Crippen LogP contribution in [0, 0.1) is 6.92 Å². The molecule has 4 heteroatoms. The summed E-state index contributed by atoms with van der Waals surface area (Å²) in [7, 11) is 0. The van der Waals surface area contributed by atoms with E-state index in [1.54, 1.807) is 25.4 Å². The number of carboxylic acid groups (broad SMARTS) is 1. The average molecular weight is 278 g/mol. The maximum atomic E-state index is 11.5. The van der Waals surface area contributed by atoms with Crippen LogP contribution in [0.25, 0.3) is 22.5 Å². The van der Waals surface area contributed by atoms with Gasteiger partial charge in [0.15, 0.2) is 0 Å². The predicted molar refractivity (Wildman–Crippen MR) is 81.2 cm³/mol. The lowest BCUT2D eigenvalue weighted by Gasteiger charge is -2.11. The van der Waals surface area contributed by atoms with Gasteiger partial charge in [0, 0.05) is 18.0 Å². The summed E-state index contributed by atoms with van der Waals surface area (Å²) in [5, 5.41) is 9.43. The molecule has 3 rings (SSSR count). The van der Waals surface area contributed by atoms with Crippen molar-refractivity contribution in [2.75, 3.05) is 0 Å². The molecule has 0 fully saturated rings. The topological polar surface area (TPSA) is 66.0 Å². The van der Waals surface area contributed by atoms with E-state index in [0.29, 0.717) is 17.0 Å². The normalized spacial score (nSPS) is 10.5. The molecule has 21 heavy (non-hydrogen) atoms. The molecule has 1 heterocycles. The van der Waals surface area contributed by atoms with Crippen LogP contribution in [0.2, 0.25) is 0 Å². The second-order valence-electron chi connectivity index (χ2n) is 4.81. The lowest BCUT2D eigenvalue weighted by molar-refractivity contribution is 0.0696. The third-order valence-corrected chi connectivity index (χ3v) is 3.50. The highest BCUT2D eigenvalue weighted by atomic mass is 16.4. The molecule has 3 aromatic rings. The van der Waals surface area contributed by atoms with Gasteiger partial charge < -0.3 is 10.1 Å². The van der Waals surface area contributed by atoms with E-state index in [1.807, 2.05) is 36.4 Å². The van der Waals surface area contributed by atoms with Crippen molar-refractivity contribution in [1.29, 1.82) is 0 Å². The number of aromatic amines is 1. The number of nitrogens with zero attached hydrogens (tertiary/aromatic N) is 1. The van der Waals surface area contributed by atoms with Crippen LogP contribution in [-0.2, 0) is 0 Å². The van der Waals surface area contributed by atoms with E-state index in [0.717, 1.165) is 16.7 Å². The molecule has 0 radical (unpaired) electrons. The van der Waals surface area contributed by atoms with Gasteiger partial charge in [-0.3, -0.25) is 0 Å². The quantitative estimate of drug-likeness (QED) is 0.766. The molecule has 2 aromatic carbocycles. The number of carbonyl (C=O) groups is 1. The molecule has 104 valence electrons. The van der Waals surface area contributed by atoms with Crippen LogP contribution in [0.15, 0.2) is 54.9 Å². The number of aromatic nitrogens is 2. The third kappa shape index (κ3) is 2.43. The van der Waals surface area contributed by atoms with Crippen molar-refractivity contribution < 1.29 is 9.90 Å². The first kappa shape index (κ1) is 13.1. The number of nitrogens with one attached hydrogen (secondary N) is 1. The number of hydrogen-bond acceptors (Lipinski definition) is 2. The van der Waals surface area contributed by atoms with Gasteiger partial charge in [0.2, 0.25) is 0 Å². The molecular weight excluding hydrogens is 264 g/mol. The highest BCUT2D eigenvalue weighted by Gasteiger charge is 2.15. The number of hydrogen-bond donors (Lipinski definition) is 2. The Hall–Kier alpha value is -2.88. The molecule has 0 aliphatic rings. The molecule has 0 unspecified atom stereocenters. The van der Waals surface area contributed by atoms with Gasteiger partial charge in [-0.2, -0.15) is 0 Å². The molecule has 4 nitrogen and oxygen atoms in total. The van der Waals surface area contributed by atoms with Crippen molar-refractivity contribution in [1.82, 2.24) is 9.97 Å². The lowest BCUT2D eigenvalue weighted by atomic mass is 9.94. The van der Waals surface area contributed by atoms with Gasteiger partial charge in [0.25, 0.3) is 0 Å². The standard InChI is InChI=1S/C17H14N2O2/c1-11-14(16-18-7-8-19-16)9-13(10-15(11)17(20)21)12-5-3-2-4-6-12/h2-10H,1H3,(H,18,19)(H,20,21). The van der Waals surface area contributed by atoms with E-state index in [4.69, 9.17) is 0 Å². The Kier molecular flexibility index (Phi) is 3.28. The van der Waals surface area contributed by atoms with Crippen molar-refractivity contribution in [3.05, 3.63) is 66.0 Å². The minimum atomic E-state index is -0.932. The van der Waals surface area contributed by atoms with Crippen molar-refractivity contribution in [2.45, 2.75) is 6.92 Å². The fourth-order valence-electron chi connectivity index (χ4n) is 2.39. The van der Waals surface area contributed by atoms with Crippen molar-refractivity contribution >= 4 is 5.97 Å². The van der Waals surface area contributed by atoms with E-state index in [2.05, 4.69) is 9.97 Å². The molecule has 0 atom stereocenters. The first-order chi connectivity index (χ1) is 10.2. The molecule has 0 aliphatic heterocycles. The number of imidazole rings is 1. The largest absolute Gasteiger partial charge is 0.478 e. The van der Waals surface area contributed by atoms with Crippen molar-refractivity contribution in [3.8, 4) is 22.5 Å². The zero-order valence-electron chi connectivity index (χ0n) is 11.5. The van der Waals surface area contributed by atoms with E-state index >= 15 is 0 Å². The average Bonchev–Trinajstić information content (AvgIpc) is 3.02. The SMILES string of the molecule is Cc1c(C(=O)O)cc(-c2ccccc2)cc1-c1ncc[nH]1. The zero-order chi connectivity index (χ0) is 14.8. The van der Waals surface area contributed by atoms with Gasteiger partial charge in [-0.1, -0.05) is 30.3 Å². The number of carboxylic acids is 1. The fraction of sp³-hybridized carbons (Fsp3) is 0.0588. The summed E-state index contributed by atoms with van der Waals surface area (Å²) in [5.41, 5.74) is 3.65. The van der Waals surface area contributed by atoms with Crippen LogP contribution in [-0.4, -0.2) is 21.0 Å². The monoisotopic (exact) mass is 278 g/mol. The Balaban J connectivity index is 2.26. The van der Waals surface area contributed by atoms with Gasteiger partial charge >= 0.3 is 5.97 Å². The van der Waals surface area contributed by atoms with Crippen molar-refractivity contribution in [3.63, 3.8) is 0 Å². The smallest absolute Gasteiger partial charge is 0.335 e. The third-order valence-electron chi connectivity index (χ3n) is 3.50. The summed E-state index contributed by atoms with van der Waals surface area (Å²) in [6, 6.07) is 13.4. The van der Waals surface area contributed by atoms with Gasteiger partial charge in [-0.15, -0.1) is 0 Å². The molecule has 0 amide bonds. The molecular formula is C17H14N2O2. The Morgan fingerprint density at radius 1 is 1.14 bits per heavy atom. The lowest BCUT2D eigenvalue weighted by Crippen LogP contribution is -2.02. The van der Waals surface area contributed by atoms with Gasteiger partial charge in [-0.05, 0) is 35.7 Å². The van der Waals surface area contributed by atoms with Crippen LogP contribution in [0.1, 0.15) is 15.9 Å². The molecule has 1 aromatic heterocycles. The van der Waals surface area contributed by atoms with Crippen LogP contribution in [0.5, 0.6) is 0 Å².